The minimum atomic E-state index is -0.366. The van der Waals surface area contributed by atoms with Crippen molar-refractivity contribution in [1.82, 2.24) is 10.3 Å². The van der Waals surface area contributed by atoms with Gasteiger partial charge in [-0.2, -0.15) is 0 Å². The third-order valence-electron chi connectivity index (χ3n) is 3.26. The smallest absolute Gasteiger partial charge is 0.319 e. The Hall–Kier alpha value is -2.65. The van der Waals surface area contributed by atoms with E-state index in [4.69, 9.17) is 4.42 Å². The van der Waals surface area contributed by atoms with Gasteiger partial charge < -0.3 is 20.4 Å². The molecule has 0 unspecified atom stereocenters. The van der Waals surface area contributed by atoms with E-state index in [0.29, 0.717) is 22.3 Å². The van der Waals surface area contributed by atoms with Gasteiger partial charge in [0.15, 0.2) is 10.9 Å². The van der Waals surface area contributed by atoms with Gasteiger partial charge in [-0.3, -0.25) is 4.79 Å². The van der Waals surface area contributed by atoms with Crippen LogP contribution < -0.4 is 16.0 Å². The minimum absolute atomic E-state index is 0.142. The number of anilines is 2. The molecule has 0 spiro atoms. The maximum absolute atomic E-state index is 11.9. The molecule has 26 heavy (non-hydrogen) atoms. The van der Waals surface area contributed by atoms with Gasteiger partial charge in [-0.15, -0.1) is 11.3 Å². The third kappa shape index (κ3) is 5.17. The minimum Gasteiger partial charge on any atom is -0.463 e. The van der Waals surface area contributed by atoms with Gasteiger partial charge in [-0.25, -0.2) is 9.78 Å². The van der Waals surface area contributed by atoms with Crippen LogP contribution in [0.15, 0.2) is 56.9 Å². The summed E-state index contributed by atoms with van der Waals surface area (Å²) in [5.74, 6) is 0.419. The van der Waals surface area contributed by atoms with Crippen LogP contribution in [0.4, 0.5) is 15.6 Å². The van der Waals surface area contributed by atoms with Gasteiger partial charge in [0, 0.05) is 28.5 Å². The molecule has 0 fully saturated rings. The molecule has 3 N–H and O–H groups in total. The number of carbonyl (C=O) groups excluding carboxylic acids is 2. The summed E-state index contributed by atoms with van der Waals surface area (Å²) in [4.78, 5) is 28.0. The first-order valence-corrected chi connectivity index (χ1v) is 9.37. The van der Waals surface area contributed by atoms with Crippen molar-refractivity contribution in [2.45, 2.75) is 6.42 Å². The number of carbonyl (C=O) groups is 2. The molecule has 2 heterocycles. The van der Waals surface area contributed by atoms with E-state index in [2.05, 4.69) is 36.9 Å². The highest BCUT2D eigenvalue weighted by Gasteiger charge is 2.10. The zero-order valence-electron chi connectivity index (χ0n) is 13.5. The van der Waals surface area contributed by atoms with Gasteiger partial charge >= 0.3 is 6.03 Å². The quantitative estimate of drug-likeness (QED) is 0.538. The zero-order valence-corrected chi connectivity index (χ0v) is 15.9. The Balaban J connectivity index is 1.40. The van der Waals surface area contributed by atoms with Crippen LogP contribution in [0.1, 0.15) is 6.42 Å². The van der Waals surface area contributed by atoms with E-state index in [-0.39, 0.29) is 24.9 Å². The number of hydrogen-bond acceptors (Lipinski definition) is 5. The van der Waals surface area contributed by atoms with Crippen LogP contribution in [0, 0.1) is 0 Å². The van der Waals surface area contributed by atoms with Gasteiger partial charge in [-0.1, -0.05) is 15.9 Å². The number of benzene rings is 1. The van der Waals surface area contributed by atoms with Crippen LogP contribution in [0.5, 0.6) is 0 Å². The molecule has 3 rings (SSSR count). The number of hydrogen-bond donors (Lipinski definition) is 3. The fourth-order valence-corrected chi connectivity index (χ4v) is 3.03. The lowest BCUT2D eigenvalue weighted by Crippen LogP contribution is -2.31. The highest BCUT2D eigenvalue weighted by Crippen LogP contribution is 2.25. The predicted molar refractivity (Wildman–Crippen MR) is 104 cm³/mol. The number of nitrogens with one attached hydrogen (secondary N) is 3. The number of furan rings is 1. The highest BCUT2D eigenvalue weighted by molar-refractivity contribution is 9.10. The lowest BCUT2D eigenvalue weighted by atomic mass is 10.3. The van der Waals surface area contributed by atoms with Crippen molar-refractivity contribution in [3.05, 3.63) is 52.5 Å². The number of halogens is 1. The molecule has 3 aromatic rings. The second kappa shape index (κ2) is 8.63. The monoisotopic (exact) mass is 434 g/mol. The molecule has 0 saturated carbocycles. The van der Waals surface area contributed by atoms with Crippen LogP contribution in [-0.2, 0) is 4.79 Å². The Morgan fingerprint density at radius 1 is 1.15 bits per heavy atom. The number of urea groups is 1. The van der Waals surface area contributed by atoms with Crippen LogP contribution in [0.3, 0.4) is 0 Å². The van der Waals surface area contributed by atoms with E-state index in [1.54, 1.807) is 35.9 Å². The number of thiazole rings is 1. The molecule has 0 aliphatic carbocycles. The summed E-state index contributed by atoms with van der Waals surface area (Å²) in [6.07, 6.45) is 1.71. The summed E-state index contributed by atoms with van der Waals surface area (Å²) >= 11 is 4.64. The fraction of sp³-hybridized carbons (Fsp3) is 0.118. The Morgan fingerprint density at radius 2 is 1.96 bits per heavy atom. The third-order valence-corrected chi connectivity index (χ3v) is 4.55. The van der Waals surface area contributed by atoms with Crippen LogP contribution in [0.25, 0.3) is 11.5 Å². The van der Waals surface area contributed by atoms with E-state index >= 15 is 0 Å². The Morgan fingerprint density at radius 3 is 2.69 bits per heavy atom. The maximum atomic E-state index is 11.9. The van der Waals surface area contributed by atoms with Gasteiger partial charge in [-0.05, 0) is 36.4 Å². The first-order valence-electron chi connectivity index (χ1n) is 7.70. The van der Waals surface area contributed by atoms with E-state index in [9.17, 15) is 9.59 Å². The lowest BCUT2D eigenvalue weighted by Gasteiger charge is -2.07. The van der Waals surface area contributed by atoms with E-state index in [1.807, 2.05) is 12.1 Å². The largest absolute Gasteiger partial charge is 0.463 e. The fourth-order valence-electron chi connectivity index (χ4n) is 2.05. The van der Waals surface area contributed by atoms with Crippen molar-refractivity contribution in [1.29, 1.82) is 0 Å². The molecule has 7 nitrogen and oxygen atoms in total. The van der Waals surface area contributed by atoms with Gasteiger partial charge in [0.25, 0.3) is 0 Å². The molecule has 1 aromatic carbocycles. The van der Waals surface area contributed by atoms with Crippen LogP contribution in [-0.4, -0.2) is 23.5 Å². The average Bonchev–Trinajstić information content (AvgIpc) is 3.28. The first kappa shape index (κ1) is 18.2. The summed E-state index contributed by atoms with van der Waals surface area (Å²) in [6, 6.07) is 10.4. The average molecular weight is 435 g/mol. The standard InChI is InChI=1S/C17H15BrN4O3S/c18-11-3-5-12(6-4-11)20-16(24)19-8-7-15(23)22-17-21-13(10-26-17)14-2-1-9-25-14/h1-6,9-10H,7-8H2,(H2,19,20,24)(H,21,22,23). The Kier molecular flexibility index (Phi) is 6.03. The van der Waals surface area contributed by atoms with Crippen molar-refractivity contribution < 1.29 is 14.0 Å². The second-order valence-electron chi connectivity index (χ2n) is 5.20. The molecule has 134 valence electrons. The summed E-state index contributed by atoms with van der Waals surface area (Å²) in [5, 5.41) is 10.3. The van der Waals surface area contributed by atoms with Gasteiger partial charge in [0.05, 0.1) is 6.26 Å². The van der Waals surface area contributed by atoms with Crippen molar-refractivity contribution in [2.24, 2.45) is 0 Å². The zero-order chi connectivity index (χ0) is 18.4. The molecule has 0 saturated heterocycles. The van der Waals surface area contributed by atoms with E-state index < -0.39 is 0 Å². The van der Waals surface area contributed by atoms with E-state index in [0.717, 1.165) is 4.47 Å². The number of aromatic nitrogens is 1. The molecular weight excluding hydrogens is 420 g/mol. The van der Waals surface area contributed by atoms with E-state index in [1.165, 1.54) is 11.3 Å². The van der Waals surface area contributed by atoms with Crippen molar-refractivity contribution in [3.63, 3.8) is 0 Å². The van der Waals surface area contributed by atoms with Gasteiger partial charge in [0.2, 0.25) is 5.91 Å². The van der Waals surface area contributed by atoms with Crippen LogP contribution in [0.2, 0.25) is 0 Å². The molecule has 0 aliphatic heterocycles. The van der Waals surface area contributed by atoms with Crippen LogP contribution >= 0.6 is 27.3 Å². The Labute approximate surface area is 161 Å². The molecule has 0 bridgehead atoms. The predicted octanol–water partition coefficient (Wildman–Crippen LogP) is 4.32. The molecule has 0 atom stereocenters. The maximum Gasteiger partial charge on any atom is 0.319 e. The second-order valence-corrected chi connectivity index (χ2v) is 6.97. The molecule has 2 aromatic heterocycles. The molecular formula is C17H15BrN4O3S. The number of amides is 3. The topological polar surface area (TPSA) is 96.3 Å². The van der Waals surface area contributed by atoms with Crippen molar-refractivity contribution in [2.75, 3.05) is 17.2 Å². The highest BCUT2D eigenvalue weighted by atomic mass is 79.9. The Bertz CT molecular complexity index is 878. The number of nitrogens with zero attached hydrogens (tertiary/aromatic N) is 1. The van der Waals surface area contributed by atoms with Crippen molar-refractivity contribution in [3.8, 4) is 11.5 Å². The molecule has 0 aliphatic rings. The van der Waals surface area contributed by atoms with Crippen molar-refractivity contribution >= 4 is 50.0 Å². The summed E-state index contributed by atoms with van der Waals surface area (Å²) < 4.78 is 6.19. The summed E-state index contributed by atoms with van der Waals surface area (Å²) in [7, 11) is 0. The molecule has 3 amide bonds. The van der Waals surface area contributed by atoms with Gasteiger partial charge in [0.1, 0.15) is 5.69 Å². The lowest BCUT2D eigenvalue weighted by molar-refractivity contribution is -0.116. The normalized spacial score (nSPS) is 10.3. The first-order chi connectivity index (χ1) is 12.6. The summed E-state index contributed by atoms with van der Waals surface area (Å²) in [5.41, 5.74) is 1.34. The SMILES string of the molecule is O=C(CCNC(=O)Nc1ccc(Br)cc1)Nc1nc(-c2ccco2)cs1. The number of rotatable bonds is 6. The molecule has 9 heteroatoms. The summed E-state index contributed by atoms with van der Waals surface area (Å²) in [6.45, 7) is 0.213. The molecule has 0 radical (unpaired) electrons.